The van der Waals surface area contributed by atoms with Gasteiger partial charge < -0.3 is 10.4 Å². The van der Waals surface area contributed by atoms with Crippen molar-refractivity contribution in [1.29, 1.82) is 0 Å². The van der Waals surface area contributed by atoms with Crippen molar-refractivity contribution < 1.29 is 40.7 Å². The fourth-order valence-electron chi connectivity index (χ4n) is 5.39. The highest BCUT2D eigenvalue weighted by Gasteiger charge is 2.26. The number of carboxylic acids is 1. The molecule has 270 valence electrons. The lowest BCUT2D eigenvalue weighted by Gasteiger charge is -2.16. The average Bonchev–Trinajstić information content (AvgIpc) is 3.12. The van der Waals surface area contributed by atoms with Crippen molar-refractivity contribution >= 4 is 38.5 Å². The summed E-state index contributed by atoms with van der Waals surface area (Å²) >= 11 is 0. The van der Waals surface area contributed by atoms with Gasteiger partial charge in [0, 0.05) is 37.5 Å². The minimum absolute atomic E-state index is 0.0693. The lowest BCUT2D eigenvalue weighted by molar-refractivity contribution is -0.139. The molecule has 0 saturated carbocycles. The SMILES string of the molecule is Cn1c(=O)n(-c2ccc(C[C@H](NC(=O)c3cc(F)c(NS(=O)(=O)c4ccc(-c5cc(F)cc(F)c5)cc4)cc3F)C(=O)O)nc2)c(=O)c2ccncc21. The molecular weight excluding hydrogens is 724 g/mol. The highest BCUT2D eigenvalue weighted by atomic mass is 32.2. The van der Waals surface area contributed by atoms with Crippen LogP contribution in [0.4, 0.5) is 23.2 Å². The summed E-state index contributed by atoms with van der Waals surface area (Å²) < 4.78 is 87.2. The Morgan fingerprint density at radius 3 is 2.21 bits per heavy atom. The van der Waals surface area contributed by atoms with E-state index in [2.05, 4.69) is 15.3 Å². The number of hydrogen-bond acceptors (Lipinski definition) is 8. The Morgan fingerprint density at radius 2 is 1.57 bits per heavy atom. The quantitative estimate of drug-likeness (QED) is 0.175. The van der Waals surface area contributed by atoms with Crippen LogP contribution in [0.5, 0.6) is 0 Å². The van der Waals surface area contributed by atoms with Crippen molar-refractivity contribution in [2.75, 3.05) is 4.72 Å². The minimum Gasteiger partial charge on any atom is -0.480 e. The number of carbonyl (C=O) groups excluding carboxylic acids is 1. The molecule has 3 aromatic carbocycles. The second-order valence-corrected chi connectivity index (χ2v) is 13.2. The zero-order chi connectivity index (χ0) is 38.2. The lowest BCUT2D eigenvalue weighted by Crippen LogP contribution is -2.42. The number of sulfonamides is 1. The zero-order valence-electron chi connectivity index (χ0n) is 27.1. The Hall–Kier alpha value is -6.69. The van der Waals surface area contributed by atoms with Crippen LogP contribution in [0, 0.1) is 23.3 Å². The Kier molecular flexibility index (Phi) is 9.64. The highest BCUT2D eigenvalue weighted by molar-refractivity contribution is 7.92. The molecule has 18 heteroatoms. The number of fused-ring (bicyclic) bond motifs is 1. The first kappa shape index (κ1) is 36.1. The molecule has 13 nitrogen and oxygen atoms in total. The van der Waals surface area contributed by atoms with Gasteiger partial charge in [0.05, 0.1) is 45.1 Å². The van der Waals surface area contributed by atoms with Crippen molar-refractivity contribution in [2.24, 2.45) is 7.05 Å². The van der Waals surface area contributed by atoms with Gasteiger partial charge in [-0.15, -0.1) is 0 Å². The molecule has 0 radical (unpaired) electrons. The van der Waals surface area contributed by atoms with Gasteiger partial charge in [-0.25, -0.2) is 40.1 Å². The van der Waals surface area contributed by atoms with Gasteiger partial charge in [0.25, 0.3) is 21.5 Å². The van der Waals surface area contributed by atoms with Gasteiger partial charge in [0.1, 0.15) is 29.3 Å². The molecule has 0 bridgehead atoms. The smallest absolute Gasteiger partial charge is 0.335 e. The first-order valence-corrected chi connectivity index (χ1v) is 16.7. The third-order valence-electron chi connectivity index (χ3n) is 8.06. The topological polar surface area (TPSA) is 182 Å². The van der Waals surface area contributed by atoms with E-state index in [1.807, 2.05) is 4.72 Å². The predicted octanol–water partition coefficient (Wildman–Crippen LogP) is 3.93. The molecule has 3 aromatic heterocycles. The maximum Gasteiger partial charge on any atom is 0.335 e. The number of amides is 1. The van der Waals surface area contributed by atoms with E-state index in [1.165, 1.54) is 54.3 Å². The van der Waals surface area contributed by atoms with E-state index >= 15 is 8.78 Å². The summed E-state index contributed by atoms with van der Waals surface area (Å²) in [5.74, 6) is -7.36. The molecule has 6 aromatic rings. The molecule has 0 aliphatic rings. The summed E-state index contributed by atoms with van der Waals surface area (Å²) in [5.41, 5.74) is -2.28. The summed E-state index contributed by atoms with van der Waals surface area (Å²) in [6.45, 7) is 0. The third kappa shape index (κ3) is 7.38. The summed E-state index contributed by atoms with van der Waals surface area (Å²) in [6.07, 6.45) is 3.46. The Bertz CT molecular complexity index is 2650. The number of rotatable bonds is 10. The first-order valence-electron chi connectivity index (χ1n) is 15.3. The largest absolute Gasteiger partial charge is 0.480 e. The molecule has 6 rings (SSSR count). The van der Waals surface area contributed by atoms with Crippen molar-refractivity contribution in [2.45, 2.75) is 17.4 Å². The van der Waals surface area contributed by atoms with Crippen LogP contribution in [0.2, 0.25) is 0 Å². The van der Waals surface area contributed by atoms with E-state index in [4.69, 9.17) is 0 Å². The maximum absolute atomic E-state index is 15.1. The van der Waals surface area contributed by atoms with Crippen LogP contribution in [-0.4, -0.2) is 50.5 Å². The minimum atomic E-state index is -4.53. The van der Waals surface area contributed by atoms with Crippen LogP contribution in [0.15, 0.2) is 106 Å². The Balaban J connectivity index is 1.16. The van der Waals surface area contributed by atoms with E-state index in [0.29, 0.717) is 23.7 Å². The lowest BCUT2D eigenvalue weighted by atomic mass is 10.1. The average molecular weight is 749 g/mol. The third-order valence-corrected chi connectivity index (χ3v) is 9.44. The van der Waals surface area contributed by atoms with Gasteiger partial charge in [-0.3, -0.25) is 28.8 Å². The van der Waals surface area contributed by atoms with Gasteiger partial charge in [0.15, 0.2) is 0 Å². The first-order chi connectivity index (χ1) is 25.1. The molecule has 0 spiro atoms. The molecule has 0 unspecified atom stereocenters. The molecule has 3 heterocycles. The second-order valence-electron chi connectivity index (χ2n) is 11.6. The van der Waals surface area contributed by atoms with E-state index < -0.39 is 85.0 Å². The highest BCUT2D eigenvalue weighted by Crippen LogP contribution is 2.26. The van der Waals surface area contributed by atoms with Gasteiger partial charge in [-0.05, 0) is 59.7 Å². The molecule has 53 heavy (non-hydrogen) atoms. The van der Waals surface area contributed by atoms with Gasteiger partial charge in [-0.1, -0.05) is 12.1 Å². The molecule has 0 aliphatic heterocycles. The Labute approximate surface area is 295 Å². The van der Waals surface area contributed by atoms with Gasteiger partial charge in [0.2, 0.25) is 0 Å². The monoisotopic (exact) mass is 748 g/mol. The predicted molar refractivity (Wildman–Crippen MR) is 182 cm³/mol. The second kappa shape index (κ2) is 14.1. The van der Waals surface area contributed by atoms with Crippen molar-refractivity contribution in [1.82, 2.24) is 24.4 Å². The molecule has 0 aliphatic carbocycles. The van der Waals surface area contributed by atoms with Crippen LogP contribution < -0.4 is 21.3 Å². The number of nitrogens with one attached hydrogen (secondary N) is 2. The van der Waals surface area contributed by atoms with Crippen LogP contribution in [0.1, 0.15) is 16.1 Å². The van der Waals surface area contributed by atoms with Crippen LogP contribution >= 0.6 is 0 Å². The van der Waals surface area contributed by atoms with Crippen molar-refractivity contribution in [3.8, 4) is 16.8 Å². The van der Waals surface area contributed by atoms with Gasteiger partial charge in [-0.2, -0.15) is 0 Å². The van der Waals surface area contributed by atoms with Crippen molar-refractivity contribution in [3.63, 3.8) is 0 Å². The number of carboxylic acid groups (broad SMARTS) is 1. The molecule has 0 saturated heterocycles. The number of halogens is 4. The summed E-state index contributed by atoms with van der Waals surface area (Å²) in [7, 11) is -3.08. The van der Waals surface area contributed by atoms with Crippen molar-refractivity contribution in [3.05, 3.63) is 147 Å². The van der Waals surface area contributed by atoms with E-state index in [0.717, 1.165) is 35.0 Å². The summed E-state index contributed by atoms with van der Waals surface area (Å²) in [5, 5.41) is 12.0. The normalized spacial score (nSPS) is 12.0. The molecule has 1 atom stereocenters. The number of aliphatic carboxylic acids is 1. The molecular formula is C35H24F4N6O7S. The van der Waals surface area contributed by atoms with E-state index in [9.17, 15) is 41.5 Å². The number of aromatic nitrogens is 4. The summed E-state index contributed by atoms with van der Waals surface area (Å²) in [6, 6.07) is 10.6. The number of carbonyl (C=O) groups is 2. The fourth-order valence-corrected chi connectivity index (χ4v) is 6.45. The number of pyridine rings is 2. The van der Waals surface area contributed by atoms with Crippen LogP contribution in [0.3, 0.4) is 0 Å². The van der Waals surface area contributed by atoms with E-state index in [-0.39, 0.29) is 27.9 Å². The Morgan fingerprint density at radius 1 is 0.868 bits per heavy atom. The number of anilines is 1. The zero-order valence-corrected chi connectivity index (χ0v) is 27.9. The number of aryl methyl sites for hydroxylation is 1. The molecule has 0 fully saturated rings. The van der Waals surface area contributed by atoms with Gasteiger partial charge >= 0.3 is 11.7 Å². The van der Waals surface area contributed by atoms with Crippen LogP contribution in [-0.2, 0) is 28.3 Å². The summed E-state index contributed by atoms with van der Waals surface area (Å²) in [4.78, 5) is 58.5. The van der Waals surface area contributed by atoms with Crippen LogP contribution in [0.25, 0.3) is 27.7 Å². The maximum atomic E-state index is 15.1. The number of nitrogens with zero attached hydrogens (tertiary/aromatic N) is 4. The molecule has 3 N–H and O–H groups in total. The standard InChI is InChI=1S/C35H24F4N6O7S/c1-44-31-17-40-9-8-25(31)33(47)45(35(44)50)23-5-4-22(41-16-23)13-30(34(48)49)42-32(46)26-14-28(39)29(15-27(26)38)43-53(51,52)24-6-2-18(3-7-24)19-10-20(36)12-21(37)11-19/h2-12,14-17,30,43H,13H2,1H3,(H,42,46)(H,48,49)/t30-/m0/s1. The molecule has 1 amide bonds. The number of benzene rings is 3. The fraction of sp³-hybridized carbons (Fsp3) is 0.0857. The van der Waals surface area contributed by atoms with E-state index in [1.54, 1.807) is 0 Å². The number of hydrogen-bond donors (Lipinski definition) is 3.